The van der Waals surface area contributed by atoms with E-state index in [9.17, 15) is 0 Å². The third kappa shape index (κ3) is 3.27. The number of halogens is 1. The van der Waals surface area contributed by atoms with Crippen LogP contribution in [-0.2, 0) is 6.54 Å². The van der Waals surface area contributed by atoms with E-state index in [4.69, 9.17) is 5.84 Å². The molecule has 0 aliphatic carbocycles. The summed E-state index contributed by atoms with van der Waals surface area (Å²) in [7, 11) is 4.09. The van der Waals surface area contributed by atoms with Crippen molar-refractivity contribution in [3.63, 3.8) is 0 Å². The van der Waals surface area contributed by atoms with Crippen LogP contribution in [0.4, 0.5) is 0 Å². The van der Waals surface area contributed by atoms with E-state index in [-0.39, 0.29) is 6.04 Å². The first kappa shape index (κ1) is 12.6. The number of nitrogens with two attached hydrogens (primary N) is 1. The van der Waals surface area contributed by atoms with Gasteiger partial charge in [-0.1, -0.05) is 0 Å². The van der Waals surface area contributed by atoms with Crippen molar-refractivity contribution in [3.05, 3.63) is 16.4 Å². The minimum atomic E-state index is 0.0871. The first-order chi connectivity index (χ1) is 7.06. The van der Waals surface area contributed by atoms with Crippen LogP contribution >= 0.6 is 15.9 Å². The SMILES string of the molecule is CC(NN)c1c(Br)cnn1CCN(C)C. The molecule has 0 saturated carbocycles. The third-order valence-electron chi connectivity index (χ3n) is 2.25. The fourth-order valence-electron chi connectivity index (χ4n) is 1.35. The maximum absolute atomic E-state index is 5.43. The molecule has 1 heterocycles. The molecule has 0 bridgehead atoms. The van der Waals surface area contributed by atoms with Crippen molar-refractivity contribution in [2.24, 2.45) is 5.84 Å². The first-order valence-electron chi connectivity index (χ1n) is 4.88. The Morgan fingerprint density at radius 1 is 1.67 bits per heavy atom. The predicted molar refractivity (Wildman–Crippen MR) is 64.2 cm³/mol. The molecule has 1 unspecified atom stereocenters. The van der Waals surface area contributed by atoms with E-state index in [1.807, 2.05) is 25.7 Å². The Bertz CT molecular complexity index is 309. The number of hydrogen-bond donors (Lipinski definition) is 2. The van der Waals surface area contributed by atoms with E-state index >= 15 is 0 Å². The molecule has 6 heteroatoms. The van der Waals surface area contributed by atoms with Gasteiger partial charge in [-0.3, -0.25) is 16.0 Å². The first-order valence-corrected chi connectivity index (χ1v) is 5.67. The number of nitrogens with zero attached hydrogens (tertiary/aromatic N) is 3. The smallest absolute Gasteiger partial charge is 0.0706 e. The van der Waals surface area contributed by atoms with Gasteiger partial charge in [0.2, 0.25) is 0 Å². The maximum Gasteiger partial charge on any atom is 0.0706 e. The Kier molecular flexibility index (Phi) is 4.72. The summed E-state index contributed by atoms with van der Waals surface area (Å²) in [6, 6.07) is 0.0871. The molecule has 0 saturated heterocycles. The second-order valence-electron chi connectivity index (χ2n) is 3.79. The summed E-state index contributed by atoms with van der Waals surface area (Å²) in [5, 5.41) is 4.30. The normalized spacial score (nSPS) is 13.5. The number of hydrazine groups is 1. The van der Waals surface area contributed by atoms with Gasteiger partial charge in [0, 0.05) is 6.54 Å². The van der Waals surface area contributed by atoms with Gasteiger partial charge in [0.25, 0.3) is 0 Å². The average Bonchev–Trinajstić information content (AvgIpc) is 2.55. The van der Waals surface area contributed by atoms with E-state index in [2.05, 4.69) is 31.4 Å². The van der Waals surface area contributed by atoms with Gasteiger partial charge in [-0.25, -0.2) is 0 Å². The third-order valence-corrected chi connectivity index (χ3v) is 2.86. The van der Waals surface area contributed by atoms with E-state index in [1.165, 1.54) is 0 Å². The van der Waals surface area contributed by atoms with Crippen molar-refractivity contribution in [2.75, 3.05) is 20.6 Å². The van der Waals surface area contributed by atoms with Crippen LogP contribution in [0.3, 0.4) is 0 Å². The minimum Gasteiger partial charge on any atom is -0.308 e. The van der Waals surface area contributed by atoms with E-state index in [0.29, 0.717) is 0 Å². The Hall–Kier alpha value is -0.430. The number of aromatic nitrogens is 2. The van der Waals surface area contributed by atoms with Gasteiger partial charge in [0.1, 0.15) is 0 Å². The lowest BCUT2D eigenvalue weighted by Gasteiger charge is -2.16. The molecule has 15 heavy (non-hydrogen) atoms. The van der Waals surface area contributed by atoms with Crippen LogP contribution in [0.15, 0.2) is 10.7 Å². The fourth-order valence-corrected chi connectivity index (χ4v) is 1.99. The molecule has 0 fully saturated rings. The van der Waals surface area contributed by atoms with E-state index in [1.54, 1.807) is 6.20 Å². The summed E-state index contributed by atoms with van der Waals surface area (Å²) in [6.45, 7) is 3.83. The Balaban J connectivity index is 2.79. The lowest BCUT2D eigenvalue weighted by atomic mass is 10.2. The zero-order valence-corrected chi connectivity index (χ0v) is 11.0. The standard InChI is InChI=1S/C9H18BrN5/c1-7(13-11)9-8(10)6-12-15(9)5-4-14(2)3/h6-7,13H,4-5,11H2,1-3H3. The van der Waals surface area contributed by atoms with Crippen molar-refractivity contribution in [1.82, 2.24) is 20.1 Å². The lowest BCUT2D eigenvalue weighted by Crippen LogP contribution is -2.29. The van der Waals surface area contributed by atoms with Crippen LogP contribution in [0.25, 0.3) is 0 Å². The highest BCUT2D eigenvalue weighted by atomic mass is 79.9. The largest absolute Gasteiger partial charge is 0.308 e. The zero-order chi connectivity index (χ0) is 11.4. The molecule has 0 aromatic carbocycles. The van der Waals surface area contributed by atoms with Crippen LogP contribution in [-0.4, -0.2) is 35.3 Å². The highest BCUT2D eigenvalue weighted by Crippen LogP contribution is 2.22. The van der Waals surface area contributed by atoms with Gasteiger partial charge in [-0.05, 0) is 36.9 Å². The summed E-state index contributed by atoms with van der Waals surface area (Å²) in [4.78, 5) is 2.12. The highest BCUT2D eigenvalue weighted by Gasteiger charge is 2.14. The van der Waals surface area contributed by atoms with Crippen molar-refractivity contribution in [1.29, 1.82) is 0 Å². The summed E-state index contributed by atoms with van der Waals surface area (Å²) < 4.78 is 2.96. The van der Waals surface area contributed by atoms with Crippen LogP contribution in [0, 0.1) is 0 Å². The zero-order valence-electron chi connectivity index (χ0n) is 9.37. The number of likely N-dealkylation sites (N-methyl/N-ethyl adjacent to an activating group) is 1. The maximum atomic E-state index is 5.43. The molecule has 0 spiro atoms. The second-order valence-corrected chi connectivity index (χ2v) is 4.65. The van der Waals surface area contributed by atoms with E-state index in [0.717, 1.165) is 23.3 Å². The predicted octanol–water partition coefficient (Wildman–Crippen LogP) is 0.732. The quantitative estimate of drug-likeness (QED) is 0.615. The average molecular weight is 276 g/mol. The molecule has 1 atom stereocenters. The Labute approximate surface area is 98.7 Å². The van der Waals surface area contributed by atoms with Gasteiger partial charge < -0.3 is 4.90 Å². The molecule has 86 valence electrons. The van der Waals surface area contributed by atoms with Crippen LogP contribution in [0.2, 0.25) is 0 Å². The molecular formula is C9H18BrN5. The van der Waals surface area contributed by atoms with Crippen molar-refractivity contribution < 1.29 is 0 Å². The fraction of sp³-hybridized carbons (Fsp3) is 0.667. The molecule has 5 nitrogen and oxygen atoms in total. The van der Waals surface area contributed by atoms with Gasteiger partial charge in [-0.2, -0.15) is 5.10 Å². The Morgan fingerprint density at radius 3 is 2.87 bits per heavy atom. The monoisotopic (exact) mass is 275 g/mol. The summed E-state index contributed by atoms with van der Waals surface area (Å²) in [5.74, 6) is 5.43. The molecule has 1 rings (SSSR count). The molecule has 3 N–H and O–H groups in total. The van der Waals surface area contributed by atoms with Gasteiger partial charge >= 0.3 is 0 Å². The number of nitrogens with one attached hydrogen (secondary N) is 1. The topological polar surface area (TPSA) is 59.1 Å². The van der Waals surface area contributed by atoms with Crippen LogP contribution < -0.4 is 11.3 Å². The molecule has 1 aromatic rings. The molecule has 0 amide bonds. The van der Waals surface area contributed by atoms with Crippen LogP contribution in [0.1, 0.15) is 18.7 Å². The highest BCUT2D eigenvalue weighted by molar-refractivity contribution is 9.10. The summed E-state index contributed by atoms with van der Waals surface area (Å²) in [6.07, 6.45) is 1.80. The Morgan fingerprint density at radius 2 is 2.33 bits per heavy atom. The second kappa shape index (κ2) is 5.60. The molecular weight excluding hydrogens is 258 g/mol. The molecule has 1 aromatic heterocycles. The van der Waals surface area contributed by atoms with Crippen molar-refractivity contribution in [3.8, 4) is 0 Å². The minimum absolute atomic E-state index is 0.0871. The van der Waals surface area contributed by atoms with Gasteiger partial charge in [-0.15, -0.1) is 0 Å². The molecule has 0 radical (unpaired) electrons. The van der Waals surface area contributed by atoms with Crippen molar-refractivity contribution >= 4 is 15.9 Å². The molecule has 0 aliphatic rings. The summed E-state index contributed by atoms with van der Waals surface area (Å²) in [5.41, 5.74) is 3.81. The molecule has 0 aliphatic heterocycles. The van der Waals surface area contributed by atoms with E-state index < -0.39 is 0 Å². The summed E-state index contributed by atoms with van der Waals surface area (Å²) >= 11 is 3.47. The lowest BCUT2D eigenvalue weighted by molar-refractivity contribution is 0.364. The number of hydrogen-bond acceptors (Lipinski definition) is 4. The van der Waals surface area contributed by atoms with Gasteiger partial charge in [0.15, 0.2) is 0 Å². The van der Waals surface area contributed by atoms with Gasteiger partial charge in [0.05, 0.1) is 29.0 Å². The number of rotatable bonds is 5. The van der Waals surface area contributed by atoms with Crippen LogP contribution in [0.5, 0.6) is 0 Å². The van der Waals surface area contributed by atoms with Crippen molar-refractivity contribution in [2.45, 2.75) is 19.5 Å².